The third-order valence-electron chi connectivity index (χ3n) is 4.93. The van der Waals surface area contributed by atoms with Crippen LogP contribution < -0.4 is 0 Å². The Hall–Kier alpha value is -2.63. The molecule has 6 nitrogen and oxygen atoms in total. The molecule has 0 amide bonds. The van der Waals surface area contributed by atoms with E-state index < -0.39 is 42.1 Å². The van der Waals surface area contributed by atoms with E-state index in [9.17, 15) is 14.4 Å². The fraction of sp³-hybridized carbons (Fsp3) is 0.421. The standard InChI is InChI=1S/C19H20O6/c1-8-6-7-13-9(2)16(23-11(4)20)18(24-12(5)21)15-10(3)19(22)25-17(15)14(8)13/h6-7,14-18H,1,3H2,2,4-5H3. The van der Waals surface area contributed by atoms with Crippen LogP contribution in [0.1, 0.15) is 20.8 Å². The highest BCUT2D eigenvalue weighted by Gasteiger charge is 2.55. The molecule has 0 aromatic heterocycles. The predicted molar refractivity (Wildman–Crippen MR) is 88.1 cm³/mol. The average molecular weight is 344 g/mol. The number of carbonyl (C=O) groups excluding carboxylic acids is 3. The average Bonchev–Trinajstić information content (AvgIpc) is 3.00. The summed E-state index contributed by atoms with van der Waals surface area (Å²) in [6.07, 6.45) is 1.42. The van der Waals surface area contributed by atoms with E-state index in [1.54, 1.807) is 0 Å². The molecule has 0 aromatic rings. The third-order valence-corrected chi connectivity index (χ3v) is 4.93. The van der Waals surface area contributed by atoms with Gasteiger partial charge in [-0.05, 0) is 23.6 Å². The van der Waals surface area contributed by atoms with Gasteiger partial charge in [0.2, 0.25) is 0 Å². The van der Waals surface area contributed by atoms with Gasteiger partial charge in [0.05, 0.1) is 5.92 Å². The molecule has 0 spiro atoms. The van der Waals surface area contributed by atoms with E-state index in [1.165, 1.54) is 13.8 Å². The zero-order valence-corrected chi connectivity index (χ0v) is 14.4. The number of fused-ring (bicyclic) bond motifs is 3. The van der Waals surface area contributed by atoms with Gasteiger partial charge in [0.25, 0.3) is 0 Å². The highest BCUT2D eigenvalue weighted by molar-refractivity contribution is 5.91. The van der Waals surface area contributed by atoms with Crippen LogP contribution in [0.3, 0.4) is 0 Å². The Morgan fingerprint density at radius 1 is 1.12 bits per heavy atom. The molecule has 1 heterocycles. The molecular formula is C19H20O6. The van der Waals surface area contributed by atoms with Gasteiger partial charge in [0.1, 0.15) is 6.10 Å². The lowest BCUT2D eigenvalue weighted by molar-refractivity contribution is -0.167. The molecule has 0 radical (unpaired) electrons. The van der Waals surface area contributed by atoms with Crippen molar-refractivity contribution in [3.05, 3.63) is 47.6 Å². The summed E-state index contributed by atoms with van der Waals surface area (Å²) in [4.78, 5) is 35.5. The molecular weight excluding hydrogens is 324 g/mol. The van der Waals surface area contributed by atoms with Crippen LogP contribution in [0.4, 0.5) is 0 Å². The lowest BCUT2D eigenvalue weighted by Gasteiger charge is -2.31. The molecule has 0 N–H and O–H groups in total. The molecule has 3 aliphatic rings. The second kappa shape index (κ2) is 6.02. The number of ether oxygens (including phenoxy) is 3. The fourth-order valence-corrected chi connectivity index (χ4v) is 3.90. The molecule has 0 aromatic carbocycles. The van der Waals surface area contributed by atoms with Crippen molar-refractivity contribution in [3.63, 3.8) is 0 Å². The van der Waals surface area contributed by atoms with Crippen molar-refractivity contribution in [2.75, 3.05) is 0 Å². The maximum absolute atomic E-state index is 12.2. The molecule has 0 bridgehead atoms. The van der Waals surface area contributed by atoms with Gasteiger partial charge in [-0.15, -0.1) is 0 Å². The van der Waals surface area contributed by atoms with Crippen molar-refractivity contribution in [2.24, 2.45) is 11.8 Å². The van der Waals surface area contributed by atoms with Crippen LogP contribution in [-0.4, -0.2) is 36.2 Å². The minimum absolute atomic E-state index is 0.210. The van der Waals surface area contributed by atoms with Gasteiger partial charge in [-0.2, -0.15) is 0 Å². The molecule has 0 saturated carbocycles. The van der Waals surface area contributed by atoms with E-state index >= 15 is 0 Å². The minimum Gasteiger partial charge on any atom is -0.457 e. The molecule has 3 rings (SSSR count). The Morgan fingerprint density at radius 2 is 1.76 bits per heavy atom. The first kappa shape index (κ1) is 17.2. The van der Waals surface area contributed by atoms with Gasteiger partial charge < -0.3 is 14.2 Å². The lowest BCUT2D eigenvalue weighted by atomic mass is 9.82. The van der Waals surface area contributed by atoms with Crippen molar-refractivity contribution < 1.29 is 28.6 Å². The number of carbonyl (C=O) groups is 3. The summed E-state index contributed by atoms with van der Waals surface area (Å²) in [5.41, 5.74) is 2.61. The quantitative estimate of drug-likeness (QED) is 0.433. The summed E-state index contributed by atoms with van der Waals surface area (Å²) >= 11 is 0. The van der Waals surface area contributed by atoms with E-state index in [0.717, 1.165) is 16.7 Å². The maximum atomic E-state index is 12.2. The van der Waals surface area contributed by atoms with E-state index in [2.05, 4.69) is 13.2 Å². The maximum Gasteiger partial charge on any atom is 0.334 e. The first-order chi connectivity index (χ1) is 11.7. The molecule has 1 aliphatic heterocycles. The zero-order chi connectivity index (χ0) is 18.5. The van der Waals surface area contributed by atoms with Gasteiger partial charge in [0.15, 0.2) is 12.2 Å². The Bertz CT molecular complexity index is 756. The number of hydrogen-bond acceptors (Lipinski definition) is 6. The number of esters is 3. The number of allylic oxidation sites excluding steroid dienone is 2. The van der Waals surface area contributed by atoms with Gasteiger partial charge in [-0.3, -0.25) is 9.59 Å². The second-order valence-electron chi connectivity index (χ2n) is 6.55. The van der Waals surface area contributed by atoms with Crippen molar-refractivity contribution in [2.45, 2.75) is 39.1 Å². The first-order valence-electron chi connectivity index (χ1n) is 8.04. The van der Waals surface area contributed by atoms with Crippen LogP contribution in [-0.2, 0) is 28.6 Å². The molecule has 132 valence electrons. The summed E-state index contributed by atoms with van der Waals surface area (Å²) < 4.78 is 16.5. The van der Waals surface area contributed by atoms with Crippen molar-refractivity contribution in [1.29, 1.82) is 0 Å². The van der Waals surface area contributed by atoms with E-state index in [1.807, 2.05) is 19.1 Å². The fourth-order valence-electron chi connectivity index (χ4n) is 3.90. The molecule has 5 unspecified atom stereocenters. The third kappa shape index (κ3) is 2.71. The smallest absolute Gasteiger partial charge is 0.334 e. The summed E-state index contributed by atoms with van der Waals surface area (Å²) in [6, 6.07) is 0. The van der Waals surface area contributed by atoms with E-state index in [0.29, 0.717) is 0 Å². The van der Waals surface area contributed by atoms with Gasteiger partial charge >= 0.3 is 17.9 Å². The summed E-state index contributed by atoms with van der Waals surface area (Å²) in [6.45, 7) is 12.2. The molecule has 1 saturated heterocycles. The zero-order valence-electron chi connectivity index (χ0n) is 14.4. The van der Waals surface area contributed by atoms with Crippen LogP contribution in [0.2, 0.25) is 0 Å². The number of hydrogen-bond donors (Lipinski definition) is 0. The SMILES string of the molecule is C=C1C=CC2=C(C)C(OC(C)=O)C(OC(C)=O)C3C(=C)C(=O)OC3C12. The monoisotopic (exact) mass is 344 g/mol. The number of rotatable bonds is 2. The molecule has 6 heteroatoms. The van der Waals surface area contributed by atoms with Crippen LogP contribution in [0.15, 0.2) is 47.6 Å². The molecule has 25 heavy (non-hydrogen) atoms. The highest BCUT2D eigenvalue weighted by Crippen LogP contribution is 2.48. The van der Waals surface area contributed by atoms with Crippen molar-refractivity contribution in [3.8, 4) is 0 Å². The van der Waals surface area contributed by atoms with Gasteiger partial charge in [0, 0.05) is 25.3 Å². The predicted octanol–water partition coefficient (Wildman–Crippen LogP) is 2.02. The van der Waals surface area contributed by atoms with Crippen molar-refractivity contribution >= 4 is 17.9 Å². The Kier molecular flexibility index (Phi) is 4.14. The molecule has 5 atom stereocenters. The van der Waals surface area contributed by atoms with Crippen LogP contribution in [0, 0.1) is 11.8 Å². The highest BCUT2D eigenvalue weighted by atomic mass is 16.6. The topological polar surface area (TPSA) is 78.9 Å². The second-order valence-corrected chi connectivity index (χ2v) is 6.55. The normalized spacial score (nSPS) is 33.6. The minimum atomic E-state index is -0.885. The summed E-state index contributed by atoms with van der Waals surface area (Å²) in [7, 11) is 0. The van der Waals surface area contributed by atoms with Gasteiger partial charge in [-0.1, -0.05) is 25.3 Å². The van der Waals surface area contributed by atoms with Crippen LogP contribution in [0.5, 0.6) is 0 Å². The van der Waals surface area contributed by atoms with Crippen LogP contribution >= 0.6 is 0 Å². The van der Waals surface area contributed by atoms with E-state index in [-0.39, 0.29) is 11.5 Å². The summed E-state index contributed by atoms with van der Waals surface area (Å²) in [5, 5.41) is 0. The Balaban J connectivity index is 2.18. The van der Waals surface area contributed by atoms with Gasteiger partial charge in [-0.25, -0.2) is 4.79 Å². The summed E-state index contributed by atoms with van der Waals surface area (Å²) in [5.74, 6) is -2.46. The largest absolute Gasteiger partial charge is 0.457 e. The first-order valence-corrected chi connectivity index (χ1v) is 8.04. The lowest BCUT2D eigenvalue weighted by Crippen LogP contribution is -2.43. The van der Waals surface area contributed by atoms with Crippen LogP contribution in [0.25, 0.3) is 0 Å². The molecule has 2 aliphatic carbocycles. The van der Waals surface area contributed by atoms with Crippen molar-refractivity contribution in [1.82, 2.24) is 0 Å². The Labute approximate surface area is 145 Å². The Morgan fingerprint density at radius 3 is 2.36 bits per heavy atom. The molecule has 1 fully saturated rings. The van der Waals surface area contributed by atoms with E-state index in [4.69, 9.17) is 14.2 Å².